The third-order valence-electron chi connectivity index (χ3n) is 3.78. The second-order valence-corrected chi connectivity index (χ2v) is 6.67. The van der Waals surface area contributed by atoms with E-state index in [2.05, 4.69) is 31.2 Å². The van der Waals surface area contributed by atoms with Crippen molar-refractivity contribution in [2.24, 2.45) is 5.73 Å². The highest BCUT2D eigenvalue weighted by molar-refractivity contribution is 9.10. The fourth-order valence-electron chi connectivity index (χ4n) is 2.47. The van der Waals surface area contributed by atoms with Crippen LogP contribution in [0.4, 0.5) is 5.69 Å². The molecule has 0 spiro atoms. The molecule has 1 aliphatic heterocycles. The molecule has 3 aromatic rings. The summed E-state index contributed by atoms with van der Waals surface area (Å²) in [7, 11) is 0. The number of aromatic carboxylic acids is 1. The van der Waals surface area contributed by atoms with Crippen LogP contribution in [0.5, 0.6) is 5.75 Å². The molecule has 1 aromatic heterocycles. The third-order valence-corrected chi connectivity index (χ3v) is 4.28. The zero-order valence-electron chi connectivity index (χ0n) is 14.8. The molecule has 1 aliphatic rings. The van der Waals surface area contributed by atoms with Gasteiger partial charge in [-0.25, -0.2) is 9.78 Å². The summed E-state index contributed by atoms with van der Waals surface area (Å²) in [6, 6.07) is 10.4. The SMILES string of the molecule is Cl.NCc1ccc2c(c1)NC(=O)CO2.O=C(O)c1nc2cc(Br)ccc2c(=O)[nH]1. The van der Waals surface area contributed by atoms with Gasteiger partial charge >= 0.3 is 5.97 Å². The molecule has 0 radical (unpaired) electrons. The highest BCUT2D eigenvalue weighted by Gasteiger charge is 2.15. The van der Waals surface area contributed by atoms with Crippen molar-refractivity contribution in [2.75, 3.05) is 11.9 Å². The summed E-state index contributed by atoms with van der Waals surface area (Å²) in [6.07, 6.45) is 0. The number of amides is 1. The molecule has 152 valence electrons. The molecule has 11 heteroatoms. The fraction of sp³-hybridized carbons (Fsp3) is 0.111. The summed E-state index contributed by atoms with van der Waals surface area (Å²) in [5, 5.41) is 11.8. The van der Waals surface area contributed by atoms with Crippen LogP contribution < -0.4 is 21.3 Å². The van der Waals surface area contributed by atoms with Gasteiger partial charge in [0.25, 0.3) is 11.5 Å². The Hall–Kier alpha value is -2.95. The van der Waals surface area contributed by atoms with E-state index in [9.17, 15) is 14.4 Å². The summed E-state index contributed by atoms with van der Waals surface area (Å²) >= 11 is 3.22. The Morgan fingerprint density at radius 2 is 2.00 bits per heavy atom. The number of hydrogen-bond acceptors (Lipinski definition) is 6. The van der Waals surface area contributed by atoms with Crippen LogP contribution in [0.25, 0.3) is 10.9 Å². The number of hydrogen-bond donors (Lipinski definition) is 4. The molecule has 2 aromatic carbocycles. The number of carbonyl (C=O) groups excluding carboxylic acids is 1. The Kier molecular flexibility index (Phi) is 7.32. The highest BCUT2D eigenvalue weighted by atomic mass is 79.9. The Bertz CT molecular complexity index is 1130. The molecule has 0 bridgehead atoms. The molecule has 0 saturated carbocycles. The van der Waals surface area contributed by atoms with Gasteiger partial charge in [-0.2, -0.15) is 0 Å². The minimum atomic E-state index is -1.26. The van der Waals surface area contributed by atoms with Crippen LogP contribution in [-0.4, -0.2) is 33.6 Å². The predicted octanol–water partition coefficient (Wildman–Crippen LogP) is 2.28. The van der Waals surface area contributed by atoms with Gasteiger partial charge in [-0.1, -0.05) is 22.0 Å². The maximum absolute atomic E-state index is 11.4. The number of fused-ring (bicyclic) bond motifs is 2. The fourth-order valence-corrected chi connectivity index (χ4v) is 2.82. The molecule has 0 fully saturated rings. The summed E-state index contributed by atoms with van der Waals surface area (Å²) < 4.78 is 5.92. The molecule has 4 rings (SSSR count). The van der Waals surface area contributed by atoms with Crippen molar-refractivity contribution < 1.29 is 19.4 Å². The van der Waals surface area contributed by atoms with Crippen LogP contribution in [-0.2, 0) is 11.3 Å². The number of aromatic amines is 1. The van der Waals surface area contributed by atoms with Crippen LogP contribution in [0, 0.1) is 0 Å². The second kappa shape index (κ2) is 9.50. The van der Waals surface area contributed by atoms with Gasteiger partial charge in [0.1, 0.15) is 5.75 Å². The van der Waals surface area contributed by atoms with Crippen molar-refractivity contribution in [1.29, 1.82) is 0 Å². The Morgan fingerprint density at radius 1 is 1.24 bits per heavy atom. The van der Waals surface area contributed by atoms with Crippen LogP contribution in [0.1, 0.15) is 16.2 Å². The van der Waals surface area contributed by atoms with E-state index in [1.165, 1.54) is 0 Å². The van der Waals surface area contributed by atoms with Gasteiger partial charge in [-0.3, -0.25) is 9.59 Å². The maximum Gasteiger partial charge on any atom is 0.372 e. The Morgan fingerprint density at radius 3 is 2.69 bits per heavy atom. The van der Waals surface area contributed by atoms with Crippen LogP contribution >= 0.6 is 28.3 Å². The molecule has 1 amide bonds. The van der Waals surface area contributed by atoms with E-state index < -0.39 is 11.5 Å². The molecule has 0 saturated heterocycles. The number of nitrogens with zero attached hydrogens (tertiary/aromatic N) is 1. The van der Waals surface area contributed by atoms with E-state index in [1.807, 2.05) is 18.2 Å². The molecule has 29 heavy (non-hydrogen) atoms. The number of H-pyrrole nitrogens is 1. The lowest BCUT2D eigenvalue weighted by Gasteiger charge is -2.18. The molecule has 2 heterocycles. The van der Waals surface area contributed by atoms with Crippen molar-refractivity contribution in [1.82, 2.24) is 9.97 Å². The zero-order valence-corrected chi connectivity index (χ0v) is 17.2. The molecule has 0 atom stereocenters. The number of carbonyl (C=O) groups is 2. The monoisotopic (exact) mass is 482 g/mol. The molecular formula is C18H16BrClN4O5. The molecule has 0 aliphatic carbocycles. The first kappa shape index (κ1) is 22.3. The lowest BCUT2D eigenvalue weighted by atomic mass is 10.1. The van der Waals surface area contributed by atoms with Crippen molar-refractivity contribution >= 4 is 56.8 Å². The van der Waals surface area contributed by atoms with Gasteiger partial charge in [0.05, 0.1) is 16.6 Å². The first-order valence-corrected chi connectivity index (χ1v) is 8.85. The number of rotatable bonds is 2. The average Bonchev–Trinajstić information content (AvgIpc) is 2.67. The van der Waals surface area contributed by atoms with Gasteiger partial charge < -0.3 is 25.9 Å². The molecule has 5 N–H and O–H groups in total. The lowest BCUT2D eigenvalue weighted by molar-refractivity contribution is -0.118. The quantitative estimate of drug-likeness (QED) is 0.437. The van der Waals surface area contributed by atoms with E-state index in [0.717, 1.165) is 10.0 Å². The predicted molar refractivity (Wildman–Crippen MR) is 113 cm³/mol. The first-order chi connectivity index (χ1) is 13.4. The summed E-state index contributed by atoms with van der Waals surface area (Å²) in [5.41, 5.74) is 7.05. The topological polar surface area (TPSA) is 147 Å². The standard InChI is InChI=1S/C9H5BrN2O3.C9H10N2O2.ClH/c10-4-1-2-5-6(3-4)11-7(9(14)15)12-8(5)13;10-4-6-1-2-8-7(3-6)11-9(12)5-13-8;/h1-3H,(H,14,15)(H,11,12,13);1-3H,4-5,10H2,(H,11,12);1H. The van der Waals surface area contributed by atoms with Crippen LogP contribution in [0.2, 0.25) is 0 Å². The summed E-state index contributed by atoms with van der Waals surface area (Å²) in [6.45, 7) is 0.554. The lowest BCUT2D eigenvalue weighted by Crippen LogP contribution is -2.25. The number of benzene rings is 2. The Balaban J connectivity index is 0.000000202. The van der Waals surface area contributed by atoms with Gasteiger partial charge in [-0.05, 0) is 35.9 Å². The number of halogens is 2. The summed E-state index contributed by atoms with van der Waals surface area (Å²) in [5.74, 6) is -1.03. The number of nitrogens with one attached hydrogen (secondary N) is 2. The van der Waals surface area contributed by atoms with Crippen molar-refractivity contribution in [3.63, 3.8) is 0 Å². The van der Waals surface area contributed by atoms with E-state index >= 15 is 0 Å². The highest BCUT2D eigenvalue weighted by Crippen LogP contribution is 2.28. The van der Waals surface area contributed by atoms with Gasteiger partial charge in [-0.15, -0.1) is 12.4 Å². The number of anilines is 1. The number of aromatic nitrogens is 2. The molecule has 0 unspecified atom stereocenters. The summed E-state index contributed by atoms with van der Waals surface area (Å²) in [4.78, 5) is 39.0. The minimum Gasteiger partial charge on any atom is -0.482 e. The van der Waals surface area contributed by atoms with E-state index in [0.29, 0.717) is 28.9 Å². The van der Waals surface area contributed by atoms with Crippen molar-refractivity contribution in [3.8, 4) is 5.75 Å². The van der Waals surface area contributed by atoms with Crippen LogP contribution in [0.3, 0.4) is 0 Å². The van der Waals surface area contributed by atoms with Gasteiger partial charge in [0.2, 0.25) is 5.82 Å². The minimum absolute atomic E-state index is 0. The number of carboxylic acid groups (broad SMARTS) is 1. The third kappa shape index (κ3) is 5.31. The Labute approximate surface area is 178 Å². The largest absolute Gasteiger partial charge is 0.482 e. The average molecular weight is 484 g/mol. The van der Waals surface area contributed by atoms with E-state index in [4.69, 9.17) is 15.6 Å². The maximum atomic E-state index is 11.4. The molecule has 9 nitrogen and oxygen atoms in total. The van der Waals surface area contributed by atoms with Crippen molar-refractivity contribution in [3.05, 3.63) is 62.6 Å². The number of nitrogens with two attached hydrogens (primary N) is 1. The van der Waals surface area contributed by atoms with Crippen LogP contribution in [0.15, 0.2) is 45.7 Å². The van der Waals surface area contributed by atoms with E-state index in [1.54, 1.807) is 18.2 Å². The van der Waals surface area contributed by atoms with Crippen molar-refractivity contribution in [2.45, 2.75) is 6.54 Å². The second-order valence-electron chi connectivity index (χ2n) is 5.75. The van der Waals surface area contributed by atoms with Gasteiger partial charge in [0.15, 0.2) is 6.61 Å². The zero-order chi connectivity index (χ0) is 20.3. The van der Waals surface area contributed by atoms with Gasteiger partial charge in [0, 0.05) is 11.0 Å². The smallest absolute Gasteiger partial charge is 0.372 e. The molecular weight excluding hydrogens is 468 g/mol. The number of ether oxygens (including phenoxy) is 1. The number of carboxylic acids is 1. The first-order valence-electron chi connectivity index (χ1n) is 8.06. The van der Waals surface area contributed by atoms with E-state index in [-0.39, 0.29) is 30.7 Å². The normalized spacial score (nSPS) is 11.9.